The fourth-order valence-corrected chi connectivity index (χ4v) is 3.59. The molecule has 0 amide bonds. The highest BCUT2D eigenvalue weighted by molar-refractivity contribution is 9.11. The van der Waals surface area contributed by atoms with Crippen molar-refractivity contribution < 1.29 is 0 Å². The quantitative estimate of drug-likeness (QED) is 0.929. The van der Waals surface area contributed by atoms with Crippen molar-refractivity contribution in [3.05, 3.63) is 20.8 Å². The lowest BCUT2D eigenvalue weighted by Crippen LogP contribution is -2.38. The average molecular weight is 303 g/mol. The predicted octanol–water partition coefficient (Wildman–Crippen LogP) is 3.21. The Bertz CT molecular complexity index is 332. The summed E-state index contributed by atoms with van der Waals surface area (Å²) in [5, 5.41) is 2.23. The van der Waals surface area contributed by atoms with Crippen LogP contribution in [0.5, 0.6) is 0 Å². The number of hydrogen-bond acceptors (Lipinski definition) is 3. The third-order valence-electron chi connectivity index (χ3n) is 3.42. The van der Waals surface area contributed by atoms with E-state index in [0.29, 0.717) is 6.04 Å². The second-order valence-electron chi connectivity index (χ2n) is 4.74. The molecule has 1 heterocycles. The van der Waals surface area contributed by atoms with Gasteiger partial charge in [0.1, 0.15) is 0 Å². The molecule has 0 unspecified atom stereocenters. The lowest BCUT2D eigenvalue weighted by molar-refractivity contribution is 0.176. The minimum Gasteiger partial charge on any atom is -0.328 e. The van der Waals surface area contributed by atoms with Crippen LogP contribution in [0.2, 0.25) is 0 Å². The summed E-state index contributed by atoms with van der Waals surface area (Å²) in [6.07, 6.45) is 4.87. The van der Waals surface area contributed by atoms with E-state index in [4.69, 9.17) is 5.73 Å². The second-order valence-corrected chi connectivity index (χ2v) is 7.03. The van der Waals surface area contributed by atoms with Crippen molar-refractivity contribution in [1.82, 2.24) is 4.90 Å². The first-order valence-corrected chi connectivity index (χ1v) is 7.51. The molecule has 0 atom stereocenters. The van der Waals surface area contributed by atoms with Gasteiger partial charge in [0.25, 0.3) is 0 Å². The summed E-state index contributed by atoms with van der Waals surface area (Å²) in [5.74, 6) is 0. The molecule has 1 aliphatic rings. The van der Waals surface area contributed by atoms with Gasteiger partial charge in [-0.05, 0) is 65.7 Å². The van der Waals surface area contributed by atoms with Crippen LogP contribution < -0.4 is 5.73 Å². The van der Waals surface area contributed by atoms with E-state index in [2.05, 4.69) is 39.3 Å². The third-order valence-corrected chi connectivity index (χ3v) is 4.97. The van der Waals surface area contributed by atoms with Crippen LogP contribution in [0.4, 0.5) is 0 Å². The summed E-state index contributed by atoms with van der Waals surface area (Å²) >= 11 is 5.27. The number of halogens is 1. The topological polar surface area (TPSA) is 29.3 Å². The standard InChI is InChI=1S/C12H19BrN2S/c1-15(7-9-6-12(13)16-8-9)11-4-2-10(14)3-5-11/h6,8,10-11H,2-5,7,14H2,1H3. The van der Waals surface area contributed by atoms with Crippen LogP contribution in [-0.4, -0.2) is 24.0 Å². The van der Waals surface area contributed by atoms with Crippen molar-refractivity contribution in [3.8, 4) is 0 Å². The van der Waals surface area contributed by atoms with Gasteiger partial charge in [-0.2, -0.15) is 0 Å². The Labute approximate surface area is 110 Å². The summed E-state index contributed by atoms with van der Waals surface area (Å²) in [4.78, 5) is 2.47. The molecule has 90 valence electrons. The maximum Gasteiger partial charge on any atom is 0.0701 e. The maximum atomic E-state index is 5.93. The van der Waals surface area contributed by atoms with Gasteiger partial charge in [-0.1, -0.05) is 0 Å². The molecular weight excluding hydrogens is 284 g/mol. The average Bonchev–Trinajstić information content (AvgIpc) is 2.65. The zero-order valence-electron chi connectivity index (χ0n) is 9.66. The molecule has 1 aromatic heterocycles. The highest BCUT2D eigenvalue weighted by atomic mass is 79.9. The molecule has 1 saturated carbocycles. The smallest absolute Gasteiger partial charge is 0.0701 e. The first-order chi connectivity index (χ1) is 7.65. The van der Waals surface area contributed by atoms with Gasteiger partial charge < -0.3 is 5.73 Å². The molecule has 2 N–H and O–H groups in total. The van der Waals surface area contributed by atoms with E-state index in [0.717, 1.165) is 12.6 Å². The number of hydrogen-bond donors (Lipinski definition) is 1. The van der Waals surface area contributed by atoms with Gasteiger partial charge >= 0.3 is 0 Å². The Morgan fingerprint density at radius 3 is 2.69 bits per heavy atom. The van der Waals surface area contributed by atoms with Crippen molar-refractivity contribution in [3.63, 3.8) is 0 Å². The van der Waals surface area contributed by atoms with Crippen LogP contribution >= 0.6 is 27.3 Å². The van der Waals surface area contributed by atoms with E-state index < -0.39 is 0 Å². The Morgan fingerprint density at radius 1 is 1.44 bits per heavy atom. The number of thiophene rings is 1. The van der Waals surface area contributed by atoms with Crippen molar-refractivity contribution in [1.29, 1.82) is 0 Å². The predicted molar refractivity (Wildman–Crippen MR) is 73.7 cm³/mol. The summed E-state index contributed by atoms with van der Waals surface area (Å²) in [6.45, 7) is 1.06. The molecule has 2 rings (SSSR count). The molecule has 2 nitrogen and oxygen atoms in total. The first kappa shape index (κ1) is 12.6. The van der Waals surface area contributed by atoms with E-state index >= 15 is 0 Å². The van der Waals surface area contributed by atoms with Crippen LogP contribution in [0.1, 0.15) is 31.2 Å². The number of rotatable bonds is 3. The van der Waals surface area contributed by atoms with Crippen LogP contribution in [-0.2, 0) is 6.54 Å². The summed E-state index contributed by atoms with van der Waals surface area (Å²) < 4.78 is 1.22. The lowest BCUT2D eigenvalue weighted by Gasteiger charge is -2.33. The summed E-state index contributed by atoms with van der Waals surface area (Å²) in [5.41, 5.74) is 7.34. The largest absolute Gasteiger partial charge is 0.328 e. The molecule has 0 spiro atoms. The zero-order chi connectivity index (χ0) is 11.5. The molecule has 0 aromatic carbocycles. The molecule has 0 saturated heterocycles. The SMILES string of the molecule is CN(Cc1csc(Br)c1)C1CCC(N)CC1. The van der Waals surface area contributed by atoms with Crippen molar-refractivity contribution >= 4 is 27.3 Å². The fraction of sp³-hybridized carbons (Fsp3) is 0.667. The number of nitrogens with zero attached hydrogens (tertiary/aromatic N) is 1. The Morgan fingerprint density at radius 2 is 2.12 bits per heavy atom. The minimum absolute atomic E-state index is 0.444. The molecule has 0 radical (unpaired) electrons. The molecule has 1 aromatic rings. The Hall–Kier alpha value is 0.1000. The first-order valence-electron chi connectivity index (χ1n) is 5.84. The molecule has 16 heavy (non-hydrogen) atoms. The normalized spacial score (nSPS) is 26.2. The van der Waals surface area contributed by atoms with Gasteiger partial charge in [0, 0.05) is 18.6 Å². The lowest BCUT2D eigenvalue weighted by atomic mass is 9.91. The van der Waals surface area contributed by atoms with Crippen molar-refractivity contribution in [2.24, 2.45) is 5.73 Å². The van der Waals surface area contributed by atoms with Gasteiger partial charge in [-0.15, -0.1) is 11.3 Å². The summed E-state index contributed by atoms with van der Waals surface area (Å²) in [7, 11) is 2.23. The van der Waals surface area contributed by atoms with E-state index in [1.165, 1.54) is 35.0 Å². The van der Waals surface area contributed by atoms with Crippen LogP contribution in [0.15, 0.2) is 15.2 Å². The van der Waals surface area contributed by atoms with Crippen LogP contribution in [0.25, 0.3) is 0 Å². The highest BCUT2D eigenvalue weighted by Gasteiger charge is 2.21. The zero-order valence-corrected chi connectivity index (χ0v) is 12.1. The van der Waals surface area contributed by atoms with Crippen molar-refractivity contribution in [2.75, 3.05) is 7.05 Å². The third kappa shape index (κ3) is 3.29. The Kier molecular flexibility index (Phi) is 4.41. The maximum absolute atomic E-state index is 5.93. The minimum atomic E-state index is 0.444. The molecule has 0 bridgehead atoms. The van der Waals surface area contributed by atoms with Gasteiger partial charge in [0.15, 0.2) is 0 Å². The second kappa shape index (κ2) is 5.63. The molecular formula is C12H19BrN2S. The molecule has 1 fully saturated rings. The summed E-state index contributed by atoms with van der Waals surface area (Å²) in [6, 6.07) is 3.38. The van der Waals surface area contributed by atoms with Crippen LogP contribution in [0.3, 0.4) is 0 Å². The molecule has 4 heteroatoms. The van der Waals surface area contributed by atoms with Crippen LogP contribution in [0, 0.1) is 0 Å². The van der Waals surface area contributed by atoms with Gasteiger partial charge in [0.2, 0.25) is 0 Å². The Balaban J connectivity index is 1.85. The fourth-order valence-electron chi connectivity index (χ4n) is 2.39. The number of nitrogens with two attached hydrogens (primary N) is 1. The highest BCUT2D eigenvalue weighted by Crippen LogP contribution is 2.25. The van der Waals surface area contributed by atoms with Gasteiger partial charge in [-0.25, -0.2) is 0 Å². The van der Waals surface area contributed by atoms with E-state index in [-0.39, 0.29) is 0 Å². The molecule has 1 aliphatic carbocycles. The van der Waals surface area contributed by atoms with E-state index in [9.17, 15) is 0 Å². The van der Waals surface area contributed by atoms with E-state index in [1.54, 1.807) is 11.3 Å². The monoisotopic (exact) mass is 302 g/mol. The van der Waals surface area contributed by atoms with Crippen molar-refractivity contribution in [2.45, 2.75) is 44.3 Å². The van der Waals surface area contributed by atoms with E-state index in [1.807, 2.05) is 0 Å². The van der Waals surface area contributed by atoms with Gasteiger partial charge in [0.05, 0.1) is 3.79 Å². The molecule has 0 aliphatic heterocycles. The van der Waals surface area contributed by atoms with Gasteiger partial charge in [-0.3, -0.25) is 4.90 Å².